The van der Waals surface area contributed by atoms with Crippen LogP contribution in [-0.2, 0) is 13.1 Å². The first-order chi connectivity index (χ1) is 11.2. The fourth-order valence-electron chi connectivity index (χ4n) is 2.26. The van der Waals surface area contributed by atoms with E-state index in [1.54, 1.807) is 24.4 Å². The lowest BCUT2D eigenvalue weighted by Gasteiger charge is -2.12. The Morgan fingerprint density at radius 1 is 1.13 bits per heavy atom. The maximum absolute atomic E-state index is 12.3. The van der Waals surface area contributed by atoms with Crippen molar-refractivity contribution in [3.8, 4) is 11.5 Å². The zero-order valence-electron chi connectivity index (χ0n) is 13.8. The summed E-state index contributed by atoms with van der Waals surface area (Å²) in [6.07, 6.45) is 1.73. The SMILES string of the molecule is CCOc1ccc(C(=O)NCc2ccnn2CC)cc1OCC. The topological polar surface area (TPSA) is 65.4 Å². The molecule has 1 N–H and O–H groups in total. The monoisotopic (exact) mass is 317 g/mol. The zero-order chi connectivity index (χ0) is 16.7. The Labute approximate surface area is 136 Å². The molecule has 1 heterocycles. The van der Waals surface area contributed by atoms with Gasteiger partial charge in [0.25, 0.3) is 5.91 Å². The molecule has 0 unspecified atom stereocenters. The van der Waals surface area contributed by atoms with E-state index in [2.05, 4.69) is 10.4 Å². The van der Waals surface area contributed by atoms with Gasteiger partial charge in [-0.2, -0.15) is 5.10 Å². The number of carbonyl (C=O) groups excluding carboxylic acids is 1. The number of carbonyl (C=O) groups is 1. The Balaban J connectivity index is 2.08. The molecule has 0 aliphatic rings. The van der Waals surface area contributed by atoms with Crippen molar-refractivity contribution in [2.45, 2.75) is 33.9 Å². The number of nitrogens with one attached hydrogen (secondary N) is 1. The van der Waals surface area contributed by atoms with Gasteiger partial charge < -0.3 is 14.8 Å². The molecule has 0 aliphatic heterocycles. The summed E-state index contributed by atoms with van der Waals surface area (Å²) in [5, 5.41) is 7.09. The third-order valence-corrected chi connectivity index (χ3v) is 3.34. The van der Waals surface area contributed by atoms with E-state index in [1.165, 1.54) is 0 Å². The van der Waals surface area contributed by atoms with E-state index in [4.69, 9.17) is 9.47 Å². The van der Waals surface area contributed by atoms with E-state index in [-0.39, 0.29) is 5.91 Å². The zero-order valence-corrected chi connectivity index (χ0v) is 13.8. The first kappa shape index (κ1) is 16.9. The van der Waals surface area contributed by atoms with E-state index in [0.717, 1.165) is 12.2 Å². The van der Waals surface area contributed by atoms with Crippen LogP contribution in [0.5, 0.6) is 11.5 Å². The number of nitrogens with zero attached hydrogens (tertiary/aromatic N) is 2. The molecular formula is C17H23N3O3. The molecule has 0 saturated carbocycles. The molecule has 2 rings (SSSR count). The van der Waals surface area contributed by atoms with Crippen LogP contribution in [0.25, 0.3) is 0 Å². The number of aromatic nitrogens is 2. The summed E-state index contributed by atoms with van der Waals surface area (Å²) < 4.78 is 12.9. The van der Waals surface area contributed by atoms with Crippen molar-refractivity contribution in [2.75, 3.05) is 13.2 Å². The number of aryl methyl sites for hydroxylation is 1. The van der Waals surface area contributed by atoms with Gasteiger partial charge in [-0.3, -0.25) is 9.48 Å². The molecule has 0 atom stereocenters. The highest BCUT2D eigenvalue weighted by molar-refractivity contribution is 5.94. The quantitative estimate of drug-likeness (QED) is 0.813. The minimum Gasteiger partial charge on any atom is -0.490 e. The summed E-state index contributed by atoms with van der Waals surface area (Å²) in [6, 6.07) is 7.11. The van der Waals surface area contributed by atoms with Crippen molar-refractivity contribution in [2.24, 2.45) is 0 Å². The maximum Gasteiger partial charge on any atom is 0.251 e. The van der Waals surface area contributed by atoms with Gasteiger partial charge >= 0.3 is 0 Å². The number of hydrogen-bond acceptors (Lipinski definition) is 4. The molecule has 0 bridgehead atoms. The average molecular weight is 317 g/mol. The van der Waals surface area contributed by atoms with Gasteiger partial charge in [-0.15, -0.1) is 0 Å². The number of amides is 1. The second-order valence-electron chi connectivity index (χ2n) is 4.85. The summed E-state index contributed by atoms with van der Waals surface area (Å²) in [5.74, 6) is 1.08. The van der Waals surface area contributed by atoms with E-state index in [9.17, 15) is 4.79 Å². The number of rotatable bonds is 8. The van der Waals surface area contributed by atoms with Gasteiger partial charge in [-0.05, 0) is 45.0 Å². The minimum atomic E-state index is -0.155. The number of hydrogen-bond donors (Lipinski definition) is 1. The van der Waals surface area contributed by atoms with Gasteiger partial charge in [0.15, 0.2) is 11.5 Å². The fraction of sp³-hybridized carbons (Fsp3) is 0.412. The first-order valence-corrected chi connectivity index (χ1v) is 7.88. The molecule has 1 aromatic heterocycles. The van der Waals surface area contributed by atoms with Crippen molar-refractivity contribution in [3.63, 3.8) is 0 Å². The van der Waals surface area contributed by atoms with Gasteiger partial charge in [0.05, 0.1) is 25.5 Å². The Morgan fingerprint density at radius 2 is 1.87 bits per heavy atom. The lowest BCUT2D eigenvalue weighted by Crippen LogP contribution is -2.24. The Bertz CT molecular complexity index is 652. The number of ether oxygens (including phenoxy) is 2. The van der Waals surface area contributed by atoms with Crippen molar-refractivity contribution in [1.29, 1.82) is 0 Å². The molecule has 23 heavy (non-hydrogen) atoms. The molecule has 6 heteroatoms. The van der Waals surface area contributed by atoms with Crippen LogP contribution in [0.1, 0.15) is 36.8 Å². The Hall–Kier alpha value is -2.50. The molecule has 1 amide bonds. The van der Waals surface area contributed by atoms with Crippen molar-refractivity contribution < 1.29 is 14.3 Å². The molecule has 124 valence electrons. The normalized spacial score (nSPS) is 10.4. The summed E-state index contributed by atoms with van der Waals surface area (Å²) in [5.41, 5.74) is 1.51. The molecule has 0 fully saturated rings. The van der Waals surface area contributed by atoms with Gasteiger partial charge in [0, 0.05) is 18.3 Å². The highest BCUT2D eigenvalue weighted by Gasteiger charge is 2.12. The van der Waals surface area contributed by atoms with E-state index in [1.807, 2.05) is 31.5 Å². The molecule has 0 spiro atoms. The lowest BCUT2D eigenvalue weighted by molar-refractivity contribution is 0.0949. The predicted molar refractivity (Wildman–Crippen MR) is 87.9 cm³/mol. The van der Waals surface area contributed by atoms with Crippen molar-refractivity contribution in [3.05, 3.63) is 41.7 Å². The first-order valence-electron chi connectivity index (χ1n) is 7.88. The lowest BCUT2D eigenvalue weighted by atomic mass is 10.2. The van der Waals surface area contributed by atoms with Crippen molar-refractivity contribution in [1.82, 2.24) is 15.1 Å². The van der Waals surface area contributed by atoms with Crippen LogP contribution in [0.15, 0.2) is 30.5 Å². The summed E-state index contributed by atoms with van der Waals surface area (Å²) >= 11 is 0. The second-order valence-corrected chi connectivity index (χ2v) is 4.85. The highest BCUT2D eigenvalue weighted by Crippen LogP contribution is 2.28. The molecule has 2 aromatic rings. The van der Waals surface area contributed by atoms with Crippen LogP contribution in [0.4, 0.5) is 0 Å². The van der Waals surface area contributed by atoms with E-state index >= 15 is 0 Å². The fourth-order valence-corrected chi connectivity index (χ4v) is 2.26. The molecule has 6 nitrogen and oxygen atoms in total. The standard InChI is InChI=1S/C17H23N3O3/c1-4-20-14(9-10-19-20)12-18-17(21)13-7-8-15(22-5-2)16(11-13)23-6-3/h7-11H,4-6,12H2,1-3H3,(H,18,21). The maximum atomic E-state index is 12.3. The van der Waals surface area contributed by atoms with Crippen LogP contribution in [0.3, 0.4) is 0 Å². The van der Waals surface area contributed by atoms with Crippen LogP contribution in [0, 0.1) is 0 Å². The average Bonchev–Trinajstić information content (AvgIpc) is 3.02. The third-order valence-electron chi connectivity index (χ3n) is 3.34. The highest BCUT2D eigenvalue weighted by atomic mass is 16.5. The van der Waals surface area contributed by atoms with Crippen molar-refractivity contribution >= 4 is 5.91 Å². The predicted octanol–water partition coefficient (Wildman–Crippen LogP) is 2.63. The van der Waals surface area contributed by atoms with Gasteiger partial charge in [-0.25, -0.2) is 0 Å². The third kappa shape index (κ3) is 4.25. The van der Waals surface area contributed by atoms with Gasteiger partial charge in [0.1, 0.15) is 0 Å². The second kappa shape index (κ2) is 8.22. The van der Waals surface area contributed by atoms with E-state index in [0.29, 0.717) is 36.8 Å². The smallest absolute Gasteiger partial charge is 0.251 e. The summed E-state index contributed by atoms with van der Waals surface area (Å²) in [6.45, 7) is 8.09. The molecule has 0 saturated heterocycles. The van der Waals surface area contributed by atoms with Crippen LogP contribution < -0.4 is 14.8 Å². The molecule has 1 aromatic carbocycles. The molecular weight excluding hydrogens is 294 g/mol. The molecule has 0 aliphatic carbocycles. The minimum absolute atomic E-state index is 0.155. The van der Waals surface area contributed by atoms with Gasteiger partial charge in [0.2, 0.25) is 0 Å². The largest absolute Gasteiger partial charge is 0.490 e. The molecule has 0 radical (unpaired) electrons. The van der Waals surface area contributed by atoms with Gasteiger partial charge in [-0.1, -0.05) is 0 Å². The van der Waals surface area contributed by atoms with E-state index < -0.39 is 0 Å². The Morgan fingerprint density at radius 3 is 2.57 bits per heavy atom. The van der Waals surface area contributed by atoms with Crippen LogP contribution >= 0.6 is 0 Å². The number of benzene rings is 1. The van der Waals surface area contributed by atoms with Crippen LogP contribution in [-0.4, -0.2) is 28.9 Å². The van der Waals surface area contributed by atoms with Crippen LogP contribution in [0.2, 0.25) is 0 Å². The Kier molecular flexibility index (Phi) is 6.02. The summed E-state index contributed by atoms with van der Waals surface area (Å²) in [7, 11) is 0. The summed E-state index contributed by atoms with van der Waals surface area (Å²) in [4.78, 5) is 12.3.